The van der Waals surface area contributed by atoms with E-state index >= 15 is 0 Å². The Morgan fingerprint density at radius 3 is 2.39 bits per heavy atom. The van der Waals surface area contributed by atoms with Crippen molar-refractivity contribution >= 4 is 0 Å². The molecule has 1 unspecified atom stereocenters. The van der Waals surface area contributed by atoms with Crippen LogP contribution in [0.5, 0.6) is 5.75 Å². The quantitative estimate of drug-likeness (QED) is 0.849. The van der Waals surface area contributed by atoms with E-state index in [1.54, 1.807) is 0 Å². The van der Waals surface area contributed by atoms with Gasteiger partial charge < -0.3 is 10.5 Å². The molecule has 2 N–H and O–H groups in total. The van der Waals surface area contributed by atoms with Gasteiger partial charge in [-0.2, -0.15) is 0 Å². The summed E-state index contributed by atoms with van der Waals surface area (Å²) < 4.78 is 5.80. The lowest BCUT2D eigenvalue weighted by Crippen LogP contribution is -2.16. The van der Waals surface area contributed by atoms with Crippen LogP contribution in [0, 0.1) is 0 Å². The molecule has 0 aliphatic heterocycles. The van der Waals surface area contributed by atoms with Crippen molar-refractivity contribution in [1.82, 2.24) is 0 Å². The number of benzene rings is 1. The number of nitrogens with two attached hydrogens (primary N) is 1. The second-order valence-corrected chi connectivity index (χ2v) is 5.87. The summed E-state index contributed by atoms with van der Waals surface area (Å²) in [6.45, 7) is 11.6. The summed E-state index contributed by atoms with van der Waals surface area (Å²) >= 11 is 0. The molecule has 2 nitrogen and oxygen atoms in total. The van der Waals surface area contributed by atoms with Crippen LogP contribution in [0.3, 0.4) is 0 Å². The molecule has 0 aliphatic carbocycles. The second kappa shape index (κ2) is 6.24. The number of ether oxygens (including phenoxy) is 1. The van der Waals surface area contributed by atoms with E-state index in [1.807, 2.05) is 0 Å². The minimum atomic E-state index is 0.0548. The van der Waals surface area contributed by atoms with Crippen LogP contribution in [0.25, 0.3) is 0 Å². The van der Waals surface area contributed by atoms with Gasteiger partial charge in [0.15, 0.2) is 0 Å². The molecule has 1 aromatic carbocycles. The first kappa shape index (κ1) is 15.0. The first-order valence-corrected chi connectivity index (χ1v) is 6.93. The molecule has 0 fully saturated rings. The largest absolute Gasteiger partial charge is 0.493 e. The number of hydrogen-bond acceptors (Lipinski definition) is 2. The third-order valence-electron chi connectivity index (χ3n) is 3.18. The molecular weight excluding hydrogens is 222 g/mol. The van der Waals surface area contributed by atoms with E-state index in [2.05, 4.69) is 52.8 Å². The van der Waals surface area contributed by atoms with Crippen molar-refractivity contribution in [2.45, 2.75) is 58.9 Å². The molecular formula is C16H27NO. The van der Waals surface area contributed by atoms with Crippen molar-refractivity contribution in [2.24, 2.45) is 5.73 Å². The molecule has 0 saturated heterocycles. The van der Waals surface area contributed by atoms with Gasteiger partial charge in [-0.3, -0.25) is 0 Å². The molecule has 1 atom stereocenters. The Kier molecular flexibility index (Phi) is 5.21. The molecule has 102 valence electrons. The van der Waals surface area contributed by atoms with Crippen molar-refractivity contribution in [2.75, 3.05) is 6.61 Å². The van der Waals surface area contributed by atoms with Crippen LogP contribution < -0.4 is 10.5 Å². The molecule has 0 aliphatic rings. The van der Waals surface area contributed by atoms with Crippen molar-refractivity contribution in [3.8, 4) is 5.75 Å². The van der Waals surface area contributed by atoms with E-state index in [9.17, 15) is 0 Å². The molecule has 1 aromatic rings. The third-order valence-corrected chi connectivity index (χ3v) is 3.18. The Labute approximate surface area is 112 Å². The highest BCUT2D eigenvalue weighted by Crippen LogP contribution is 2.32. The summed E-state index contributed by atoms with van der Waals surface area (Å²) in [5, 5.41) is 0. The summed E-state index contributed by atoms with van der Waals surface area (Å²) in [6.07, 6.45) is 1.94. The molecule has 1 rings (SSSR count). The van der Waals surface area contributed by atoms with Crippen LogP contribution in [0.4, 0.5) is 0 Å². The summed E-state index contributed by atoms with van der Waals surface area (Å²) in [5.74, 6) is 0.944. The van der Waals surface area contributed by atoms with Gasteiger partial charge in [0.05, 0.1) is 6.61 Å². The van der Waals surface area contributed by atoms with Gasteiger partial charge in [0.25, 0.3) is 0 Å². The fourth-order valence-electron chi connectivity index (χ4n) is 1.87. The Hall–Kier alpha value is -1.02. The van der Waals surface area contributed by atoms with Gasteiger partial charge in [0.1, 0.15) is 5.75 Å². The summed E-state index contributed by atoms with van der Waals surface area (Å²) in [6, 6.07) is 6.48. The topological polar surface area (TPSA) is 35.2 Å². The highest BCUT2D eigenvalue weighted by Gasteiger charge is 2.18. The van der Waals surface area contributed by atoms with Crippen LogP contribution in [-0.4, -0.2) is 6.61 Å². The van der Waals surface area contributed by atoms with Gasteiger partial charge in [-0.05, 0) is 29.9 Å². The van der Waals surface area contributed by atoms with Crippen molar-refractivity contribution in [3.05, 3.63) is 29.3 Å². The van der Waals surface area contributed by atoms with Gasteiger partial charge in [-0.15, -0.1) is 0 Å². The summed E-state index contributed by atoms with van der Waals surface area (Å²) in [7, 11) is 0. The molecule has 2 heteroatoms. The second-order valence-electron chi connectivity index (χ2n) is 5.87. The van der Waals surface area contributed by atoms with E-state index in [4.69, 9.17) is 10.5 Å². The maximum Gasteiger partial charge on any atom is 0.124 e. The molecule has 0 bridgehead atoms. The predicted octanol–water partition coefficient (Wildman–Crippen LogP) is 4.18. The smallest absolute Gasteiger partial charge is 0.124 e. The lowest BCUT2D eigenvalue weighted by atomic mass is 9.85. The van der Waals surface area contributed by atoms with E-state index in [0.717, 1.165) is 30.8 Å². The Morgan fingerprint density at radius 2 is 1.89 bits per heavy atom. The highest BCUT2D eigenvalue weighted by molar-refractivity contribution is 5.41. The molecule has 0 saturated carbocycles. The van der Waals surface area contributed by atoms with Crippen LogP contribution in [-0.2, 0) is 5.41 Å². The molecule has 0 amide bonds. The first-order chi connectivity index (χ1) is 8.40. The molecule has 0 aromatic heterocycles. The average Bonchev–Trinajstić information content (AvgIpc) is 2.34. The standard InChI is InChI=1S/C16H27NO/c1-6-10-18-15-9-8-12(16(3,4)5)11-13(15)14(17)7-2/h8-9,11,14H,6-7,10,17H2,1-5H3. The van der Waals surface area contributed by atoms with Crippen LogP contribution in [0.1, 0.15) is 64.6 Å². The Bertz CT molecular complexity index is 379. The zero-order chi connectivity index (χ0) is 13.8. The predicted molar refractivity (Wildman–Crippen MR) is 78.1 cm³/mol. The highest BCUT2D eigenvalue weighted by atomic mass is 16.5. The van der Waals surface area contributed by atoms with Crippen LogP contribution in [0.15, 0.2) is 18.2 Å². The van der Waals surface area contributed by atoms with Crippen LogP contribution >= 0.6 is 0 Å². The van der Waals surface area contributed by atoms with E-state index in [-0.39, 0.29) is 11.5 Å². The maximum absolute atomic E-state index is 6.20. The maximum atomic E-state index is 6.20. The van der Waals surface area contributed by atoms with Gasteiger partial charge in [-0.1, -0.05) is 46.8 Å². The molecule has 0 radical (unpaired) electrons. The minimum absolute atomic E-state index is 0.0548. The number of rotatable bonds is 5. The fraction of sp³-hybridized carbons (Fsp3) is 0.625. The van der Waals surface area contributed by atoms with Crippen LogP contribution in [0.2, 0.25) is 0 Å². The summed E-state index contributed by atoms with van der Waals surface area (Å²) in [4.78, 5) is 0. The monoisotopic (exact) mass is 249 g/mol. The Balaban J connectivity index is 3.12. The van der Waals surface area contributed by atoms with E-state index in [1.165, 1.54) is 5.56 Å². The van der Waals surface area contributed by atoms with Gasteiger partial charge in [0.2, 0.25) is 0 Å². The van der Waals surface area contributed by atoms with Crippen molar-refractivity contribution in [1.29, 1.82) is 0 Å². The lowest BCUT2D eigenvalue weighted by molar-refractivity contribution is 0.311. The van der Waals surface area contributed by atoms with E-state index < -0.39 is 0 Å². The van der Waals surface area contributed by atoms with Gasteiger partial charge in [0, 0.05) is 11.6 Å². The zero-order valence-electron chi connectivity index (χ0n) is 12.4. The number of hydrogen-bond donors (Lipinski definition) is 1. The fourth-order valence-corrected chi connectivity index (χ4v) is 1.87. The molecule has 0 spiro atoms. The third kappa shape index (κ3) is 3.74. The Morgan fingerprint density at radius 1 is 1.22 bits per heavy atom. The zero-order valence-corrected chi connectivity index (χ0v) is 12.4. The van der Waals surface area contributed by atoms with E-state index in [0.29, 0.717) is 0 Å². The van der Waals surface area contributed by atoms with Crippen molar-refractivity contribution in [3.63, 3.8) is 0 Å². The SMILES string of the molecule is CCCOc1ccc(C(C)(C)C)cc1C(N)CC. The molecule has 0 heterocycles. The normalized spacial score (nSPS) is 13.4. The molecule has 18 heavy (non-hydrogen) atoms. The van der Waals surface area contributed by atoms with Gasteiger partial charge >= 0.3 is 0 Å². The average molecular weight is 249 g/mol. The first-order valence-electron chi connectivity index (χ1n) is 6.93. The minimum Gasteiger partial charge on any atom is -0.493 e. The lowest BCUT2D eigenvalue weighted by Gasteiger charge is -2.23. The van der Waals surface area contributed by atoms with Crippen molar-refractivity contribution < 1.29 is 4.74 Å². The van der Waals surface area contributed by atoms with Gasteiger partial charge in [-0.25, -0.2) is 0 Å². The summed E-state index contributed by atoms with van der Waals surface area (Å²) in [5.41, 5.74) is 8.79.